The molecule has 0 aliphatic carbocycles. The standard InChI is InChI=1S/C20H19F2N7O4S2/c1-27-11-15(17(26-27)18(21)22)19-24-25-20(33-19)34-12-16(30)28-6-8-29(9-7-28)35(31,32)14-4-2-13(10-23)3-5-14/h2-5,11,18H,6-9,12H2,1H3. The van der Waals surface area contributed by atoms with E-state index in [0.717, 1.165) is 11.8 Å². The highest BCUT2D eigenvalue weighted by Gasteiger charge is 2.30. The number of hydrogen-bond acceptors (Lipinski definition) is 9. The average Bonchev–Trinajstić information content (AvgIpc) is 3.49. The zero-order valence-electron chi connectivity index (χ0n) is 18.3. The predicted molar refractivity (Wildman–Crippen MR) is 119 cm³/mol. The lowest BCUT2D eigenvalue weighted by molar-refractivity contribution is -0.129. The number of carbonyl (C=O) groups is 1. The molecule has 0 spiro atoms. The summed E-state index contributed by atoms with van der Waals surface area (Å²) in [6, 6.07) is 7.59. The Kier molecular flexibility index (Phi) is 7.15. The molecular weight excluding hydrogens is 504 g/mol. The van der Waals surface area contributed by atoms with Crippen LogP contribution >= 0.6 is 11.8 Å². The maximum absolute atomic E-state index is 13.1. The molecule has 35 heavy (non-hydrogen) atoms. The van der Waals surface area contributed by atoms with E-state index < -0.39 is 22.1 Å². The summed E-state index contributed by atoms with van der Waals surface area (Å²) >= 11 is 0.961. The Balaban J connectivity index is 1.32. The second-order valence-electron chi connectivity index (χ2n) is 7.49. The van der Waals surface area contributed by atoms with Gasteiger partial charge in [-0.15, -0.1) is 10.2 Å². The van der Waals surface area contributed by atoms with E-state index in [-0.39, 0.29) is 59.4 Å². The molecular formula is C20H19F2N7O4S2. The first-order valence-corrected chi connectivity index (χ1v) is 12.7. The van der Waals surface area contributed by atoms with Crippen LogP contribution in [0.15, 0.2) is 45.0 Å². The van der Waals surface area contributed by atoms with Gasteiger partial charge in [-0.2, -0.15) is 14.7 Å². The first kappa shape index (κ1) is 24.8. The molecule has 0 unspecified atom stereocenters. The molecule has 2 aromatic heterocycles. The van der Waals surface area contributed by atoms with Crippen LogP contribution in [0.2, 0.25) is 0 Å². The summed E-state index contributed by atoms with van der Waals surface area (Å²) in [5.74, 6) is -0.413. The second-order valence-corrected chi connectivity index (χ2v) is 10.3. The van der Waals surface area contributed by atoms with E-state index in [0.29, 0.717) is 5.56 Å². The number of thioether (sulfide) groups is 1. The van der Waals surface area contributed by atoms with Crippen molar-refractivity contribution in [3.05, 3.63) is 41.7 Å². The zero-order valence-corrected chi connectivity index (χ0v) is 20.0. The fourth-order valence-corrected chi connectivity index (χ4v) is 5.54. The van der Waals surface area contributed by atoms with Crippen LogP contribution in [0.5, 0.6) is 0 Å². The van der Waals surface area contributed by atoms with Crippen molar-refractivity contribution >= 4 is 27.7 Å². The molecule has 3 heterocycles. The minimum atomic E-state index is -3.74. The van der Waals surface area contributed by atoms with Crippen LogP contribution in [0.25, 0.3) is 11.5 Å². The number of aryl methyl sites for hydroxylation is 1. The number of alkyl halides is 2. The molecule has 0 bridgehead atoms. The number of rotatable bonds is 7. The van der Waals surface area contributed by atoms with Crippen LogP contribution in [-0.2, 0) is 21.9 Å². The lowest BCUT2D eigenvalue weighted by Crippen LogP contribution is -2.50. The maximum atomic E-state index is 13.1. The van der Waals surface area contributed by atoms with Crippen molar-refractivity contribution in [3.63, 3.8) is 0 Å². The number of carbonyl (C=O) groups excluding carboxylic acids is 1. The van der Waals surface area contributed by atoms with Crippen LogP contribution in [0, 0.1) is 11.3 Å². The summed E-state index contributed by atoms with van der Waals surface area (Å²) in [6.07, 6.45) is -1.46. The number of aromatic nitrogens is 4. The minimum Gasteiger partial charge on any atom is -0.411 e. The molecule has 1 aromatic carbocycles. The van der Waals surface area contributed by atoms with Crippen LogP contribution in [0.4, 0.5) is 8.78 Å². The molecule has 4 rings (SSSR count). The molecule has 3 aromatic rings. The van der Waals surface area contributed by atoms with E-state index >= 15 is 0 Å². The van der Waals surface area contributed by atoms with Crippen molar-refractivity contribution in [2.24, 2.45) is 7.05 Å². The number of sulfonamides is 1. The first-order chi connectivity index (χ1) is 16.7. The Morgan fingerprint density at radius 1 is 1.20 bits per heavy atom. The molecule has 0 atom stereocenters. The van der Waals surface area contributed by atoms with Gasteiger partial charge in [0, 0.05) is 39.4 Å². The topological polar surface area (TPSA) is 138 Å². The summed E-state index contributed by atoms with van der Waals surface area (Å²) < 4.78 is 59.9. The second kappa shape index (κ2) is 10.1. The Hall–Kier alpha value is -3.35. The van der Waals surface area contributed by atoms with Crippen LogP contribution < -0.4 is 0 Å². The van der Waals surface area contributed by atoms with Crippen LogP contribution in [0.3, 0.4) is 0 Å². The summed E-state index contributed by atoms with van der Waals surface area (Å²) in [5.41, 5.74) is -0.0921. The van der Waals surface area contributed by atoms with Crippen molar-refractivity contribution in [2.75, 3.05) is 31.9 Å². The summed E-state index contributed by atoms with van der Waals surface area (Å²) in [4.78, 5) is 14.2. The van der Waals surface area contributed by atoms with Crippen LogP contribution in [0.1, 0.15) is 17.7 Å². The van der Waals surface area contributed by atoms with Gasteiger partial charge in [0.1, 0.15) is 5.69 Å². The van der Waals surface area contributed by atoms with E-state index in [9.17, 15) is 22.0 Å². The molecule has 1 aliphatic heterocycles. The molecule has 1 fully saturated rings. The molecule has 0 N–H and O–H groups in total. The summed E-state index contributed by atoms with van der Waals surface area (Å²) in [7, 11) is -2.24. The minimum absolute atomic E-state index is 0.0211. The molecule has 0 saturated carbocycles. The zero-order chi connectivity index (χ0) is 25.2. The lowest BCUT2D eigenvalue weighted by Gasteiger charge is -2.33. The van der Waals surface area contributed by atoms with E-state index in [1.165, 1.54) is 51.4 Å². The van der Waals surface area contributed by atoms with Gasteiger partial charge >= 0.3 is 0 Å². The number of benzene rings is 1. The Labute approximate surface area is 203 Å². The van der Waals surface area contributed by atoms with Crippen molar-refractivity contribution in [1.29, 1.82) is 5.26 Å². The van der Waals surface area contributed by atoms with E-state index in [4.69, 9.17) is 9.68 Å². The third kappa shape index (κ3) is 5.34. The quantitative estimate of drug-likeness (QED) is 0.425. The Bertz CT molecular complexity index is 1360. The Morgan fingerprint density at radius 3 is 2.51 bits per heavy atom. The summed E-state index contributed by atoms with van der Waals surface area (Å²) in [6.45, 7) is 0.663. The number of piperazine rings is 1. The fraction of sp³-hybridized carbons (Fsp3) is 0.350. The van der Waals surface area contributed by atoms with Gasteiger partial charge in [-0.1, -0.05) is 11.8 Å². The van der Waals surface area contributed by atoms with Crippen molar-refractivity contribution in [3.8, 4) is 17.5 Å². The molecule has 11 nitrogen and oxygen atoms in total. The van der Waals surface area contributed by atoms with Crippen LogP contribution in [-0.4, -0.2) is 75.4 Å². The first-order valence-electron chi connectivity index (χ1n) is 10.3. The van der Waals surface area contributed by atoms with E-state index in [1.54, 1.807) is 0 Å². The normalized spacial score (nSPS) is 14.9. The number of nitrogens with zero attached hydrogens (tertiary/aromatic N) is 7. The van der Waals surface area contributed by atoms with Gasteiger partial charge in [-0.05, 0) is 24.3 Å². The van der Waals surface area contributed by atoms with Gasteiger partial charge in [0.05, 0.1) is 27.8 Å². The van der Waals surface area contributed by atoms with E-state index in [1.807, 2.05) is 6.07 Å². The highest BCUT2D eigenvalue weighted by Crippen LogP contribution is 2.30. The monoisotopic (exact) mass is 523 g/mol. The average molecular weight is 524 g/mol. The van der Waals surface area contributed by atoms with Gasteiger partial charge in [0.2, 0.25) is 15.9 Å². The maximum Gasteiger partial charge on any atom is 0.282 e. The largest absolute Gasteiger partial charge is 0.411 e. The smallest absolute Gasteiger partial charge is 0.282 e. The van der Waals surface area contributed by atoms with Crippen molar-refractivity contribution in [2.45, 2.75) is 16.5 Å². The summed E-state index contributed by atoms with van der Waals surface area (Å²) in [5, 5.41) is 20.2. The third-order valence-corrected chi connectivity index (χ3v) is 7.95. The molecule has 0 radical (unpaired) electrons. The van der Waals surface area contributed by atoms with Crippen molar-refractivity contribution in [1.82, 2.24) is 29.2 Å². The molecule has 1 amide bonds. The number of nitriles is 1. The molecule has 1 saturated heterocycles. The lowest BCUT2D eigenvalue weighted by atomic mass is 10.2. The van der Waals surface area contributed by atoms with Gasteiger partial charge in [-0.3, -0.25) is 9.48 Å². The number of halogens is 2. The van der Waals surface area contributed by atoms with Crippen molar-refractivity contribution < 1.29 is 26.4 Å². The number of amides is 1. The molecule has 1 aliphatic rings. The Morgan fingerprint density at radius 2 is 1.89 bits per heavy atom. The predicted octanol–water partition coefficient (Wildman–Crippen LogP) is 1.90. The molecule has 15 heteroatoms. The fourth-order valence-electron chi connectivity index (χ4n) is 3.45. The van der Waals surface area contributed by atoms with Gasteiger partial charge in [0.25, 0.3) is 17.5 Å². The van der Waals surface area contributed by atoms with Gasteiger partial charge < -0.3 is 9.32 Å². The SMILES string of the molecule is Cn1cc(-c2nnc(SCC(=O)N3CCN(S(=O)(=O)c4ccc(C#N)cc4)CC3)o2)c(C(F)F)n1. The number of hydrogen-bond donors (Lipinski definition) is 0. The van der Waals surface area contributed by atoms with Gasteiger partial charge in [-0.25, -0.2) is 17.2 Å². The van der Waals surface area contributed by atoms with E-state index in [2.05, 4.69) is 15.3 Å². The highest BCUT2D eigenvalue weighted by molar-refractivity contribution is 7.99. The van der Waals surface area contributed by atoms with Gasteiger partial charge in [0.15, 0.2) is 0 Å². The molecule has 184 valence electrons. The highest BCUT2D eigenvalue weighted by atomic mass is 32.2. The third-order valence-electron chi connectivity index (χ3n) is 5.23.